The zero-order valence-corrected chi connectivity index (χ0v) is 30.2. The van der Waals surface area contributed by atoms with Gasteiger partial charge in [-0.15, -0.1) is 0 Å². The van der Waals surface area contributed by atoms with E-state index in [1.807, 2.05) is 0 Å². The minimum atomic E-state index is -1.18. The maximum absolute atomic E-state index is 14.8. The fourth-order valence-corrected chi connectivity index (χ4v) is 7.93. The molecule has 0 atom stereocenters. The van der Waals surface area contributed by atoms with Crippen molar-refractivity contribution in [2.24, 2.45) is 0 Å². The largest absolute Gasteiger partial charge is 0.281 e. The van der Waals surface area contributed by atoms with Crippen LogP contribution in [0.1, 0.15) is 100 Å². The Balaban J connectivity index is 1.08. The van der Waals surface area contributed by atoms with Crippen LogP contribution in [-0.4, -0.2) is 75.4 Å². The molecule has 8 amide bonds. The summed E-state index contributed by atoms with van der Waals surface area (Å²) in [5, 5.41) is 10.3. The van der Waals surface area contributed by atoms with Gasteiger partial charge in [0.15, 0.2) is 0 Å². The van der Waals surface area contributed by atoms with Gasteiger partial charge in [0, 0.05) is 40.1 Å². The predicted molar refractivity (Wildman–Crippen MR) is 200 cm³/mol. The van der Waals surface area contributed by atoms with Gasteiger partial charge in [0.25, 0.3) is 53.0 Å². The number of allylic oxidation sites excluding steroid dienone is 1. The normalized spacial score (nSPS) is 15.8. The number of carbonyl (C=O) groups excluding carboxylic acids is 8. The number of nitrogens with zero attached hydrogens (tertiary/aromatic N) is 6. The molecular formula is C43H19F3N6O8. The standard InChI is InChI=1S/C43H19F3N6O8/c1-48-31(18-47)33(19-3-6-22-28(15-19)37(54)49(36(22)53)14-2-13-44)20-4-7-23-29(16-20)43(60)51(40(23)57)52-41(58)26-10-8-24-34-25(9-11-27(35(26)34)42(52)59)39(56)50(38(24)55)32-17-21(45)5-12-30(32)46/h3-12,15-17H,2,13-14H2. The maximum Gasteiger partial charge on any atom is 0.281 e. The van der Waals surface area contributed by atoms with Gasteiger partial charge in [-0.2, -0.15) is 10.0 Å². The van der Waals surface area contributed by atoms with Gasteiger partial charge >= 0.3 is 0 Å². The van der Waals surface area contributed by atoms with Crippen molar-refractivity contribution in [3.8, 4) is 6.07 Å². The van der Waals surface area contributed by atoms with Crippen LogP contribution in [0.5, 0.6) is 0 Å². The molecule has 14 nitrogen and oxygen atoms in total. The van der Waals surface area contributed by atoms with Crippen LogP contribution in [-0.2, 0) is 0 Å². The first kappa shape index (κ1) is 37.0. The summed E-state index contributed by atoms with van der Waals surface area (Å²) in [7, 11) is 0. The topological polar surface area (TPSA) is 178 Å². The smallest absolute Gasteiger partial charge is 0.274 e. The average molecular weight is 805 g/mol. The zero-order chi connectivity index (χ0) is 42.5. The number of hydrogen-bond donors (Lipinski definition) is 0. The second-order valence-electron chi connectivity index (χ2n) is 13.7. The Morgan fingerprint density at radius 2 is 1.03 bits per heavy atom. The molecule has 60 heavy (non-hydrogen) atoms. The van der Waals surface area contributed by atoms with Gasteiger partial charge < -0.3 is 0 Å². The van der Waals surface area contributed by atoms with Crippen LogP contribution >= 0.6 is 0 Å². The van der Waals surface area contributed by atoms with Crippen molar-refractivity contribution in [1.82, 2.24) is 14.9 Å². The van der Waals surface area contributed by atoms with Gasteiger partial charge in [-0.3, -0.25) is 47.6 Å². The molecule has 4 aliphatic rings. The minimum absolute atomic E-state index is 0.0193. The van der Waals surface area contributed by atoms with Crippen LogP contribution in [0.3, 0.4) is 0 Å². The summed E-state index contributed by atoms with van der Waals surface area (Å²) in [4.78, 5) is 114. The fourth-order valence-electron chi connectivity index (χ4n) is 7.93. The number of amides is 8. The number of carbonyl (C=O) groups is 8. The highest BCUT2D eigenvalue weighted by molar-refractivity contribution is 6.39. The van der Waals surface area contributed by atoms with Crippen molar-refractivity contribution in [1.29, 1.82) is 5.26 Å². The van der Waals surface area contributed by atoms with Crippen molar-refractivity contribution in [2.45, 2.75) is 6.42 Å². The molecule has 0 bridgehead atoms. The number of halogens is 3. The highest BCUT2D eigenvalue weighted by Gasteiger charge is 2.49. The van der Waals surface area contributed by atoms with E-state index >= 15 is 0 Å². The molecule has 5 aromatic carbocycles. The van der Waals surface area contributed by atoms with Crippen molar-refractivity contribution in [3.05, 3.63) is 163 Å². The van der Waals surface area contributed by atoms with Gasteiger partial charge in [-0.1, -0.05) is 12.1 Å². The number of fused-ring (bicyclic) bond motifs is 2. The van der Waals surface area contributed by atoms with Crippen LogP contribution in [0.4, 0.5) is 18.9 Å². The molecule has 0 aliphatic carbocycles. The van der Waals surface area contributed by atoms with E-state index in [4.69, 9.17) is 6.57 Å². The molecule has 0 saturated heterocycles. The molecular weight excluding hydrogens is 786 g/mol. The van der Waals surface area contributed by atoms with E-state index < -0.39 is 77.0 Å². The number of alkyl halides is 1. The number of benzene rings is 5. The van der Waals surface area contributed by atoms with Crippen molar-refractivity contribution in [3.63, 3.8) is 0 Å². The molecule has 9 rings (SSSR count). The summed E-state index contributed by atoms with van der Waals surface area (Å²) in [6, 6.07) is 16.2. The highest BCUT2D eigenvalue weighted by atomic mass is 19.1. The molecule has 17 heteroatoms. The molecule has 0 N–H and O–H groups in total. The number of rotatable bonds is 7. The van der Waals surface area contributed by atoms with E-state index in [9.17, 15) is 56.8 Å². The fraction of sp³-hybridized carbons (Fsp3) is 0.0698. The van der Waals surface area contributed by atoms with Crippen LogP contribution in [0.15, 0.2) is 84.6 Å². The molecule has 0 spiro atoms. The number of hydrogen-bond acceptors (Lipinski definition) is 9. The third kappa shape index (κ3) is 4.99. The molecule has 0 aromatic heterocycles. The van der Waals surface area contributed by atoms with Gasteiger partial charge in [-0.25, -0.2) is 23.8 Å². The lowest BCUT2D eigenvalue weighted by Crippen LogP contribution is -2.54. The Kier molecular flexibility index (Phi) is 8.18. The Bertz CT molecular complexity index is 3040. The van der Waals surface area contributed by atoms with Gasteiger partial charge in [-0.05, 0) is 78.2 Å². The number of hydrazine groups is 1. The molecule has 290 valence electrons. The second kappa shape index (κ2) is 13.3. The first-order chi connectivity index (χ1) is 28.8. The van der Waals surface area contributed by atoms with Crippen LogP contribution in [0.25, 0.3) is 21.2 Å². The highest BCUT2D eigenvalue weighted by Crippen LogP contribution is 2.42. The third-order valence-electron chi connectivity index (χ3n) is 10.6. The Morgan fingerprint density at radius 3 is 1.55 bits per heavy atom. The number of imide groups is 4. The van der Waals surface area contributed by atoms with Gasteiger partial charge in [0.1, 0.15) is 11.6 Å². The van der Waals surface area contributed by atoms with Crippen LogP contribution in [0.2, 0.25) is 0 Å². The number of nitriles is 1. The van der Waals surface area contributed by atoms with E-state index in [2.05, 4.69) is 4.85 Å². The average Bonchev–Trinajstić information content (AvgIpc) is 3.63. The van der Waals surface area contributed by atoms with E-state index in [0.717, 1.165) is 41.3 Å². The maximum atomic E-state index is 14.8. The van der Waals surface area contributed by atoms with E-state index in [1.165, 1.54) is 36.4 Å². The van der Waals surface area contributed by atoms with E-state index in [1.54, 1.807) is 6.07 Å². The quantitative estimate of drug-likeness (QED) is 0.110. The second-order valence-corrected chi connectivity index (χ2v) is 13.7. The summed E-state index contributed by atoms with van der Waals surface area (Å²) in [5.74, 6) is -10.1. The van der Waals surface area contributed by atoms with Gasteiger partial charge in [0.05, 0.1) is 58.4 Å². The Morgan fingerprint density at radius 1 is 0.583 bits per heavy atom. The summed E-state index contributed by atoms with van der Waals surface area (Å²) in [5.41, 5.74) is -2.71. The van der Waals surface area contributed by atoms with Crippen molar-refractivity contribution >= 4 is 69.3 Å². The Hall–Kier alpha value is -8.57. The molecule has 4 heterocycles. The Labute approximate surface area is 334 Å². The predicted octanol–water partition coefficient (Wildman–Crippen LogP) is 5.88. The first-order valence-corrected chi connectivity index (χ1v) is 17.8. The minimum Gasteiger partial charge on any atom is -0.274 e. The van der Waals surface area contributed by atoms with Crippen LogP contribution in [0, 0.1) is 29.5 Å². The van der Waals surface area contributed by atoms with Crippen molar-refractivity contribution in [2.75, 3.05) is 18.1 Å². The van der Waals surface area contributed by atoms with Gasteiger partial charge in [0.2, 0.25) is 0 Å². The summed E-state index contributed by atoms with van der Waals surface area (Å²) >= 11 is 0. The van der Waals surface area contributed by atoms with Crippen LogP contribution < -0.4 is 4.90 Å². The number of anilines is 1. The monoisotopic (exact) mass is 804 g/mol. The zero-order valence-electron chi connectivity index (χ0n) is 30.2. The molecule has 0 unspecified atom stereocenters. The third-order valence-corrected chi connectivity index (χ3v) is 10.6. The SMILES string of the molecule is [C-]#[N+]C(C#N)=C(c1ccc2c(c1)C(=O)N(CCCF)C2=O)c1ccc2c(c1)C(=O)N(N1C(=O)c3ccc4c5c(ccc(c35)C1=O)C(=O)N(c1cc(F)ccc1F)C4=O)C2=O. The molecule has 0 radical (unpaired) electrons. The lowest BCUT2D eigenvalue weighted by molar-refractivity contribution is 0.00522. The molecule has 4 aliphatic heterocycles. The van der Waals surface area contributed by atoms with E-state index in [0.29, 0.717) is 21.0 Å². The molecule has 0 fully saturated rings. The van der Waals surface area contributed by atoms with Crippen molar-refractivity contribution < 1.29 is 51.5 Å². The summed E-state index contributed by atoms with van der Waals surface area (Å²) in [6.45, 7) is 6.75. The van der Waals surface area contributed by atoms with E-state index in [-0.39, 0.29) is 84.9 Å². The lowest BCUT2D eigenvalue weighted by atomic mass is 9.86. The molecule has 5 aromatic rings. The first-order valence-electron chi connectivity index (χ1n) is 17.8. The summed E-state index contributed by atoms with van der Waals surface area (Å²) in [6.07, 6.45) is -0.0826. The molecule has 0 saturated carbocycles. The summed E-state index contributed by atoms with van der Waals surface area (Å²) < 4.78 is 41.8. The lowest BCUT2D eigenvalue weighted by Gasteiger charge is -2.34.